The predicted molar refractivity (Wildman–Crippen MR) is 87.1 cm³/mol. The van der Waals surface area contributed by atoms with Gasteiger partial charge in [-0.3, -0.25) is 0 Å². The Morgan fingerprint density at radius 1 is 1.15 bits per heavy atom. The van der Waals surface area contributed by atoms with Gasteiger partial charge in [0.05, 0.1) is 12.1 Å². The van der Waals surface area contributed by atoms with E-state index >= 15 is 0 Å². The maximum atomic E-state index is 6.01. The van der Waals surface area contributed by atoms with Crippen molar-refractivity contribution in [1.29, 1.82) is 0 Å². The largest absolute Gasteiger partial charge is 0.376 e. The van der Waals surface area contributed by atoms with Crippen LogP contribution in [-0.4, -0.2) is 19.3 Å². The highest BCUT2D eigenvalue weighted by atomic mass is 16.5. The van der Waals surface area contributed by atoms with Crippen LogP contribution in [-0.2, 0) is 11.2 Å². The number of rotatable bonds is 9. The van der Waals surface area contributed by atoms with Gasteiger partial charge in [0.1, 0.15) is 0 Å². The molecule has 1 N–H and O–H groups in total. The molecule has 0 amide bonds. The number of likely N-dealkylation sites (N-methyl/N-ethyl adjacent to an activating group) is 1. The molecule has 0 spiro atoms. The van der Waals surface area contributed by atoms with Gasteiger partial charge < -0.3 is 10.1 Å². The van der Waals surface area contributed by atoms with Crippen molar-refractivity contribution in [3.8, 4) is 0 Å². The highest BCUT2D eigenvalue weighted by Gasteiger charge is 2.25. The van der Waals surface area contributed by atoms with Crippen molar-refractivity contribution < 1.29 is 4.74 Å². The van der Waals surface area contributed by atoms with Crippen molar-refractivity contribution in [2.75, 3.05) is 13.2 Å². The van der Waals surface area contributed by atoms with Gasteiger partial charge in [-0.2, -0.15) is 0 Å². The van der Waals surface area contributed by atoms with Crippen LogP contribution in [0.25, 0.3) is 0 Å². The third-order valence-electron chi connectivity index (χ3n) is 3.62. The lowest BCUT2D eigenvalue weighted by molar-refractivity contribution is 0.00316. The van der Waals surface area contributed by atoms with Crippen LogP contribution in [0.15, 0.2) is 24.3 Å². The Balaban J connectivity index is 3.01. The lowest BCUT2D eigenvalue weighted by Gasteiger charge is -2.31. The van der Waals surface area contributed by atoms with E-state index in [1.165, 1.54) is 17.5 Å². The van der Waals surface area contributed by atoms with Gasteiger partial charge >= 0.3 is 0 Å². The molecule has 0 saturated heterocycles. The lowest BCUT2D eigenvalue weighted by Crippen LogP contribution is -2.37. The summed E-state index contributed by atoms with van der Waals surface area (Å²) >= 11 is 0. The van der Waals surface area contributed by atoms with Gasteiger partial charge in [0.25, 0.3) is 0 Å². The zero-order valence-electron chi connectivity index (χ0n) is 13.8. The molecule has 2 heteroatoms. The summed E-state index contributed by atoms with van der Waals surface area (Å²) in [7, 11) is 0. The second-order valence-electron chi connectivity index (χ2n) is 5.69. The van der Waals surface area contributed by atoms with E-state index in [-0.39, 0.29) is 12.1 Å². The second-order valence-corrected chi connectivity index (χ2v) is 5.69. The topological polar surface area (TPSA) is 21.3 Å². The highest BCUT2D eigenvalue weighted by Crippen LogP contribution is 2.26. The molecule has 0 heterocycles. The first-order chi connectivity index (χ1) is 9.63. The van der Waals surface area contributed by atoms with E-state index in [1.54, 1.807) is 0 Å². The Kier molecular flexibility index (Phi) is 7.86. The summed E-state index contributed by atoms with van der Waals surface area (Å²) in [6, 6.07) is 9.23. The van der Waals surface area contributed by atoms with Crippen molar-refractivity contribution in [3.05, 3.63) is 35.4 Å². The molecule has 2 atom stereocenters. The number of hydrogen-bond acceptors (Lipinski definition) is 2. The molecule has 0 saturated carbocycles. The smallest absolute Gasteiger partial charge is 0.0792 e. The zero-order chi connectivity index (χ0) is 15.0. The molecule has 114 valence electrons. The van der Waals surface area contributed by atoms with Gasteiger partial charge in [0, 0.05) is 6.61 Å². The van der Waals surface area contributed by atoms with E-state index in [4.69, 9.17) is 4.74 Å². The maximum Gasteiger partial charge on any atom is 0.0792 e. The van der Waals surface area contributed by atoms with Crippen molar-refractivity contribution in [1.82, 2.24) is 5.32 Å². The maximum absolute atomic E-state index is 6.01. The molecule has 0 aliphatic carbocycles. The van der Waals surface area contributed by atoms with Gasteiger partial charge in [-0.15, -0.1) is 0 Å². The van der Waals surface area contributed by atoms with Crippen molar-refractivity contribution in [2.45, 2.75) is 59.6 Å². The molecule has 1 aromatic carbocycles. The molecular weight excluding hydrogens is 246 g/mol. The normalized spacial score (nSPS) is 14.5. The predicted octanol–water partition coefficient (Wildman–Crippen LogP) is 4.35. The average Bonchev–Trinajstić information content (AvgIpc) is 2.43. The van der Waals surface area contributed by atoms with E-state index in [2.05, 4.69) is 64.2 Å². The summed E-state index contributed by atoms with van der Waals surface area (Å²) in [6.45, 7) is 12.7. The van der Waals surface area contributed by atoms with Crippen LogP contribution < -0.4 is 5.32 Å². The molecule has 0 aliphatic heterocycles. The number of benzene rings is 1. The monoisotopic (exact) mass is 277 g/mol. The third-order valence-corrected chi connectivity index (χ3v) is 3.62. The van der Waals surface area contributed by atoms with Gasteiger partial charge in [-0.05, 0) is 36.9 Å². The first kappa shape index (κ1) is 17.2. The van der Waals surface area contributed by atoms with Gasteiger partial charge in [0.15, 0.2) is 0 Å². The standard InChI is InChI=1S/C18H31NO/c1-6-10-15-11-9-12-16(13-15)17(19-7-2)18(14(4)5)20-8-3/h9,11-14,17-19H,6-8,10H2,1-5H3. The van der Waals surface area contributed by atoms with Gasteiger partial charge in [-0.25, -0.2) is 0 Å². The summed E-state index contributed by atoms with van der Waals surface area (Å²) in [4.78, 5) is 0. The van der Waals surface area contributed by atoms with Crippen LogP contribution in [0.4, 0.5) is 0 Å². The quantitative estimate of drug-likeness (QED) is 0.724. The molecular formula is C18H31NO. The van der Waals surface area contributed by atoms with E-state index in [0.29, 0.717) is 5.92 Å². The number of hydrogen-bond donors (Lipinski definition) is 1. The summed E-state index contributed by atoms with van der Waals surface area (Å²) in [5, 5.41) is 3.61. The molecule has 0 bridgehead atoms. The Bertz CT molecular complexity index is 375. The zero-order valence-corrected chi connectivity index (χ0v) is 13.8. The van der Waals surface area contributed by atoms with Crippen LogP contribution in [0.3, 0.4) is 0 Å². The summed E-state index contributed by atoms with van der Waals surface area (Å²) in [5.41, 5.74) is 2.77. The van der Waals surface area contributed by atoms with Gasteiger partial charge in [0.2, 0.25) is 0 Å². The molecule has 2 unspecified atom stereocenters. The van der Waals surface area contributed by atoms with Crippen molar-refractivity contribution >= 4 is 0 Å². The molecule has 20 heavy (non-hydrogen) atoms. The van der Waals surface area contributed by atoms with Gasteiger partial charge in [-0.1, -0.05) is 58.4 Å². The summed E-state index contributed by atoms with van der Waals surface area (Å²) in [6.07, 6.45) is 2.55. The van der Waals surface area contributed by atoms with Crippen LogP contribution in [0.5, 0.6) is 0 Å². The van der Waals surface area contributed by atoms with Crippen LogP contribution >= 0.6 is 0 Å². The Morgan fingerprint density at radius 2 is 1.90 bits per heavy atom. The molecule has 0 aromatic heterocycles. The Morgan fingerprint density at radius 3 is 2.45 bits per heavy atom. The van der Waals surface area contributed by atoms with Crippen molar-refractivity contribution in [2.24, 2.45) is 5.92 Å². The average molecular weight is 277 g/mol. The summed E-state index contributed by atoms with van der Waals surface area (Å²) < 4.78 is 6.01. The van der Waals surface area contributed by atoms with E-state index in [9.17, 15) is 0 Å². The molecule has 2 nitrogen and oxygen atoms in total. The highest BCUT2D eigenvalue weighted by molar-refractivity contribution is 5.27. The number of ether oxygens (including phenoxy) is 1. The SMILES string of the molecule is CCCc1cccc(C(NCC)C(OCC)C(C)C)c1. The number of aryl methyl sites for hydroxylation is 1. The van der Waals surface area contributed by atoms with Crippen molar-refractivity contribution in [3.63, 3.8) is 0 Å². The van der Waals surface area contributed by atoms with Crippen LogP contribution in [0, 0.1) is 5.92 Å². The summed E-state index contributed by atoms with van der Waals surface area (Å²) in [5.74, 6) is 0.494. The fourth-order valence-electron chi connectivity index (χ4n) is 2.74. The van der Waals surface area contributed by atoms with E-state index in [0.717, 1.165) is 19.6 Å². The number of nitrogens with one attached hydrogen (secondary N) is 1. The minimum absolute atomic E-state index is 0.219. The first-order valence-electron chi connectivity index (χ1n) is 8.07. The fraction of sp³-hybridized carbons (Fsp3) is 0.667. The Hall–Kier alpha value is -0.860. The van der Waals surface area contributed by atoms with E-state index < -0.39 is 0 Å². The first-order valence-corrected chi connectivity index (χ1v) is 8.07. The molecule has 1 aromatic rings. The molecule has 0 radical (unpaired) electrons. The second kappa shape index (κ2) is 9.15. The molecule has 0 aliphatic rings. The lowest BCUT2D eigenvalue weighted by atomic mass is 9.92. The minimum Gasteiger partial charge on any atom is -0.376 e. The van der Waals surface area contributed by atoms with E-state index in [1.807, 2.05) is 0 Å². The minimum atomic E-state index is 0.219. The Labute approximate surface area is 124 Å². The molecule has 0 fully saturated rings. The van der Waals surface area contributed by atoms with Crippen LogP contribution in [0.2, 0.25) is 0 Å². The van der Waals surface area contributed by atoms with Crippen LogP contribution in [0.1, 0.15) is 58.2 Å². The molecule has 1 rings (SSSR count). The third kappa shape index (κ3) is 4.92. The fourth-order valence-corrected chi connectivity index (χ4v) is 2.74.